The molecule has 17 heavy (non-hydrogen) atoms. The smallest absolute Gasteiger partial charge is 0.360 e. The molecule has 0 atom stereocenters. The topological polar surface area (TPSA) is 72.3 Å². The molecule has 1 aromatic heterocycles. The molecule has 5 nitrogen and oxygen atoms in total. The first-order chi connectivity index (χ1) is 8.16. The van der Waals surface area contributed by atoms with Crippen LogP contribution in [-0.4, -0.2) is 21.0 Å². The minimum Gasteiger partial charge on any atom is -0.476 e. The number of carboxylic acids is 1. The monoisotopic (exact) mass is 250 g/mol. The third-order valence-electron chi connectivity index (χ3n) is 1.88. The molecule has 0 spiro atoms. The molecule has 1 N–H and O–H groups in total. The summed E-state index contributed by atoms with van der Waals surface area (Å²) in [6, 6.07) is 6.58. The average Bonchev–Trinajstić information content (AvgIpc) is 2.29. The maximum atomic E-state index is 10.9. The van der Waals surface area contributed by atoms with Crippen LogP contribution in [-0.2, 0) is 0 Å². The molecule has 0 radical (unpaired) electrons. The summed E-state index contributed by atoms with van der Waals surface area (Å²) in [5, 5.41) is 9.38. The summed E-state index contributed by atoms with van der Waals surface area (Å²) in [7, 11) is 0. The van der Waals surface area contributed by atoms with Gasteiger partial charge in [-0.05, 0) is 18.2 Å². The molecular weight excluding hydrogens is 244 g/mol. The van der Waals surface area contributed by atoms with Crippen LogP contribution in [0.15, 0.2) is 36.7 Å². The Kier molecular flexibility index (Phi) is 3.20. The van der Waals surface area contributed by atoms with E-state index in [1.807, 2.05) is 0 Å². The molecule has 0 fully saturated rings. The molecule has 6 heteroatoms. The minimum atomic E-state index is -1.20. The van der Waals surface area contributed by atoms with Crippen LogP contribution >= 0.6 is 11.6 Å². The van der Waals surface area contributed by atoms with E-state index in [0.29, 0.717) is 10.8 Å². The summed E-state index contributed by atoms with van der Waals surface area (Å²) in [6.45, 7) is 0. The van der Waals surface area contributed by atoms with Crippen LogP contribution in [0.1, 0.15) is 10.5 Å². The number of aromatic nitrogens is 2. The Hall–Kier alpha value is -2.14. The van der Waals surface area contributed by atoms with Crippen LogP contribution < -0.4 is 4.74 Å². The van der Waals surface area contributed by atoms with Gasteiger partial charge in [-0.3, -0.25) is 0 Å². The van der Waals surface area contributed by atoms with E-state index in [1.165, 1.54) is 12.4 Å². The summed E-state index contributed by atoms with van der Waals surface area (Å²) in [4.78, 5) is 18.4. The maximum Gasteiger partial charge on any atom is 0.360 e. The highest BCUT2D eigenvalue weighted by molar-refractivity contribution is 6.30. The van der Waals surface area contributed by atoms with Crippen molar-refractivity contribution in [2.24, 2.45) is 0 Å². The molecule has 0 aliphatic heterocycles. The molecular formula is C11H7ClN2O3. The lowest BCUT2D eigenvalue weighted by molar-refractivity contribution is 0.0686. The molecule has 0 saturated heterocycles. The molecule has 86 valence electrons. The molecule has 1 heterocycles. The van der Waals surface area contributed by atoms with Gasteiger partial charge in [0.1, 0.15) is 5.75 Å². The van der Waals surface area contributed by atoms with Crippen molar-refractivity contribution in [1.82, 2.24) is 9.97 Å². The number of rotatable bonds is 3. The SMILES string of the molecule is O=C(O)c1nccnc1Oc1cccc(Cl)c1. The molecule has 0 aliphatic rings. The standard InChI is InChI=1S/C11H7ClN2O3/c12-7-2-1-3-8(6-7)17-10-9(11(15)16)13-4-5-14-10/h1-6H,(H,15,16). The van der Waals surface area contributed by atoms with E-state index in [9.17, 15) is 4.79 Å². The van der Waals surface area contributed by atoms with Crippen LogP contribution in [0.4, 0.5) is 0 Å². The molecule has 2 aromatic rings. The number of benzene rings is 1. The lowest BCUT2D eigenvalue weighted by atomic mass is 10.3. The van der Waals surface area contributed by atoms with Crippen LogP contribution in [0, 0.1) is 0 Å². The number of aromatic carboxylic acids is 1. The highest BCUT2D eigenvalue weighted by Gasteiger charge is 2.14. The van der Waals surface area contributed by atoms with E-state index in [-0.39, 0.29) is 11.6 Å². The van der Waals surface area contributed by atoms with E-state index in [4.69, 9.17) is 21.4 Å². The van der Waals surface area contributed by atoms with Crippen LogP contribution in [0.3, 0.4) is 0 Å². The zero-order chi connectivity index (χ0) is 12.3. The highest BCUT2D eigenvalue weighted by atomic mass is 35.5. The molecule has 0 saturated carbocycles. The van der Waals surface area contributed by atoms with Gasteiger partial charge in [-0.15, -0.1) is 0 Å². The number of carbonyl (C=O) groups is 1. The second kappa shape index (κ2) is 4.80. The summed E-state index contributed by atoms with van der Waals surface area (Å²) < 4.78 is 5.31. The van der Waals surface area contributed by atoms with Gasteiger partial charge in [-0.25, -0.2) is 14.8 Å². The Morgan fingerprint density at radius 3 is 2.76 bits per heavy atom. The van der Waals surface area contributed by atoms with Crippen molar-refractivity contribution >= 4 is 17.6 Å². The van der Waals surface area contributed by atoms with Gasteiger partial charge in [-0.1, -0.05) is 17.7 Å². The Labute approximate surface area is 102 Å². The van der Waals surface area contributed by atoms with Crippen molar-refractivity contribution in [2.45, 2.75) is 0 Å². The fourth-order valence-corrected chi connectivity index (χ4v) is 1.37. The van der Waals surface area contributed by atoms with E-state index < -0.39 is 5.97 Å². The van der Waals surface area contributed by atoms with E-state index >= 15 is 0 Å². The van der Waals surface area contributed by atoms with Crippen molar-refractivity contribution in [1.29, 1.82) is 0 Å². The predicted molar refractivity (Wildman–Crippen MR) is 60.5 cm³/mol. The Bertz CT molecular complexity index is 560. The van der Waals surface area contributed by atoms with E-state index in [0.717, 1.165) is 0 Å². The Morgan fingerprint density at radius 2 is 2.06 bits per heavy atom. The van der Waals surface area contributed by atoms with E-state index in [2.05, 4.69) is 9.97 Å². The zero-order valence-corrected chi connectivity index (χ0v) is 9.26. The first kappa shape index (κ1) is 11.3. The Morgan fingerprint density at radius 1 is 1.29 bits per heavy atom. The fraction of sp³-hybridized carbons (Fsp3) is 0. The van der Waals surface area contributed by atoms with Crippen molar-refractivity contribution in [2.75, 3.05) is 0 Å². The largest absolute Gasteiger partial charge is 0.476 e. The summed E-state index contributed by atoms with van der Waals surface area (Å²) in [6.07, 6.45) is 2.64. The van der Waals surface area contributed by atoms with Crippen molar-refractivity contribution in [3.63, 3.8) is 0 Å². The third-order valence-corrected chi connectivity index (χ3v) is 2.11. The number of ether oxygens (including phenoxy) is 1. The van der Waals surface area contributed by atoms with Crippen LogP contribution in [0.5, 0.6) is 11.6 Å². The van der Waals surface area contributed by atoms with Gasteiger partial charge in [0.15, 0.2) is 0 Å². The second-order valence-corrected chi connectivity index (χ2v) is 3.51. The predicted octanol–water partition coefficient (Wildman–Crippen LogP) is 2.62. The minimum absolute atomic E-state index is 0.0673. The van der Waals surface area contributed by atoms with Crippen molar-refractivity contribution in [3.8, 4) is 11.6 Å². The molecule has 0 bridgehead atoms. The average molecular weight is 251 g/mol. The summed E-state index contributed by atoms with van der Waals surface area (Å²) in [5.41, 5.74) is -0.243. The molecule has 0 amide bonds. The second-order valence-electron chi connectivity index (χ2n) is 3.07. The van der Waals surface area contributed by atoms with Crippen LogP contribution in [0.25, 0.3) is 0 Å². The molecule has 2 rings (SSSR count). The van der Waals surface area contributed by atoms with Crippen molar-refractivity contribution in [3.05, 3.63) is 47.4 Å². The first-order valence-corrected chi connectivity index (χ1v) is 5.02. The number of carboxylic acid groups (broad SMARTS) is 1. The number of hydrogen-bond acceptors (Lipinski definition) is 4. The highest BCUT2D eigenvalue weighted by Crippen LogP contribution is 2.24. The molecule has 0 aliphatic carbocycles. The van der Waals surface area contributed by atoms with Crippen LogP contribution in [0.2, 0.25) is 5.02 Å². The van der Waals surface area contributed by atoms with Gasteiger partial charge < -0.3 is 9.84 Å². The number of nitrogens with zero attached hydrogens (tertiary/aromatic N) is 2. The van der Waals surface area contributed by atoms with Crippen molar-refractivity contribution < 1.29 is 14.6 Å². The number of halogens is 1. The molecule has 0 unspecified atom stereocenters. The third kappa shape index (κ3) is 2.70. The first-order valence-electron chi connectivity index (χ1n) is 4.64. The number of hydrogen-bond donors (Lipinski definition) is 1. The van der Waals surface area contributed by atoms with Gasteiger partial charge in [-0.2, -0.15) is 0 Å². The summed E-state index contributed by atoms with van der Waals surface area (Å²) in [5.74, 6) is -0.863. The van der Waals surface area contributed by atoms with Gasteiger partial charge >= 0.3 is 5.97 Å². The summed E-state index contributed by atoms with van der Waals surface area (Å²) >= 11 is 5.78. The van der Waals surface area contributed by atoms with Gasteiger partial charge in [0.2, 0.25) is 5.69 Å². The van der Waals surface area contributed by atoms with Gasteiger partial charge in [0.25, 0.3) is 5.88 Å². The zero-order valence-electron chi connectivity index (χ0n) is 8.50. The van der Waals surface area contributed by atoms with Gasteiger partial charge in [0, 0.05) is 17.4 Å². The van der Waals surface area contributed by atoms with Gasteiger partial charge in [0.05, 0.1) is 0 Å². The lowest BCUT2D eigenvalue weighted by Gasteiger charge is -2.06. The quantitative estimate of drug-likeness (QED) is 0.907. The maximum absolute atomic E-state index is 10.9. The molecule has 1 aromatic carbocycles. The normalized spacial score (nSPS) is 9.94. The van der Waals surface area contributed by atoms with E-state index in [1.54, 1.807) is 24.3 Å². The lowest BCUT2D eigenvalue weighted by Crippen LogP contribution is -2.04. The fourth-order valence-electron chi connectivity index (χ4n) is 1.19. The Balaban J connectivity index is 2.33.